The fourth-order valence-electron chi connectivity index (χ4n) is 1.63. The van der Waals surface area contributed by atoms with Gasteiger partial charge in [0.2, 0.25) is 0 Å². The Morgan fingerprint density at radius 1 is 1.00 bits per heavy atom. The van der Waals surface area contributed by atoms with Crippen LogP contribution >= 0.6 is 22.6 Å². The van der Waals surface area contributed by atoms with Crippen LogP contribution in [-0.2, 0) is 6.54 Å². The van der Waals surface area contributed by atoms with E-state index in [2.05, 4.69) is 32.6 Å². The molecule has 0 saturated carbocycles. The maximum absolute atomic E-state index is 12.3. The standard InChI is InChI=1S/C14H11F3INO/c15-14(16,17)20-13-4-2-1-3-12(13)19-9-10-5-7-11(18)8-6-10/h1-8,19H,9H2. The first-order chi connectivity index (χ1) is 9.44. The van der Waals surface area contributed by atoms with E-state index in [9.17, 15) is 13.2 Å². The monoisotopic (exact) mass is 393 g/mol. The zero-order valence-corrected chi connectivity index (χ0v) is 12.4. The predicted molar refractivity (Wildman–Crippen MR) is 79.6 cm³/mol. The van der Waals surface area contributed by atoms with Crippen LogP contribution < -0.4 is 10.1 Å². The summed E-state index contributed by atoms with van der Waals surface area (Å²) in [5.41, 5.74) is 1.29. The quantitative estimate of drug-likeness (QED) is 0.754. The highest BCUT2D eigenvalue weighted by Crippen LogP contribution is 2.30. The Balaban J connectivity index is 2.07. The highest BCUT2D eigenvalue weighted by atomic mass is 127. The number of halogens is 4. The average molecular weight is 393 g/mol. The molecule has 0 aliphatic rings. The van der Waals surface area contributed by atoms with Gasteiger partial charge in [0.05, 0.1) is 5.69 Å². The summed E-state index contributed by atoms with van der Waals surface area (Å²) in [6, 6.07) is 13.7. The van der Waals surface area contributed by atoms with Crippen molar-refractivity contribution in [2.24, 2.45) is 0 Å². The summed E-state index contributed by atoms with van der Waals surface area (Å²) in [6.07, 6.45) is -4.69. The molecule has 0 unspecified atom stereocenters. The molecular formula is C14H11F3INO. The smallest absolute Gasteiger partial charge is 0.404 e. The van der Waals surface area contributed by atoms with Crippen LogP contribution in [-0.4, -0.2) is 6.36 Å². The lowest BCUT2D eigenvalue weighted by atomic mass is 10.2. The molecule has 20 heavy (non-hydrogen) atoms. The van der Waals surface area contributed by atoms with Crippen molar-refractivity contribution < 1.29 is 17.9 Å². The van der Waals surface area contributed by atoms with Crippen molar-refractivity contribution in [3.8, 4) is 5.75 Å². The Hall–Kier alpha value is -1.44. The molecule has 2 aromatic carbocycles. The van der Waals surface area contributed by atoms with Crippen LogP contribution in [0.2, 0.25) is 0 Å². The van der Waals surface area contributed by atoms with Gasteiger partial charge >= 0.3 is 6.36 Å². The van der Waals surface area contributed by atoms with E-state index >= 15 is 0 Å². The molecule has 106 valence electrons. The first-order valence-electron chi connectivity index (χ1n) is 5.77. The largest absolute Gasteiger partial charge is 0.573 e. The minimum Gasteiger partial charge on any atom is -0.404 e. The molecule has 0 heterocycles. The van der Waals surface area contributed by atoms with Crippen molar-refractivity contribution >= 4 is 28.3 Å². The second kappa shape index (κ2) is 6.34. The van der Waals surface area contributed by atoms with E-state index in [1.807, 2.05) is 24.3 Å². The molecule has 0 spiro atoms. The molecule has 0 aliphatic heterocycles. The van der Waals surface area contributed by atoms with Crippen molar-refractivity contribution in [3.05, 3.63) is 57.7 Å². The molecule has 0 saturated heterocycles. The molecule has 2 nitrogen and oxygen atoms in total. The van der Waals surface area contributed by atoms with Crippen LogP contribution in [0.3, 0.4) is 0 Å². The molecule has 0 radical (unpaired) electrons. The molecule has 1 N–H and O–H groups in total. The fraction of sp³-hybridized carbons (Fsp3) is 0.143. The maximum Gasteiger partial charge on any atom is 0.573 e. The minimum absolute atomic E-state index is 0.231. The topological polar surface area (TPSA) is 21.3 Å². The van der Waals surface area contributed by atoms with Crippen molar-refractivity contribution in [3.63, 3.8) is 0 Å². The van der Waals surface area contributed by atoms with Gasteiger partial charge in [0, 0.05) is 10.1 Å². The molecule has 0 atom stereocenters. The SMILES string of the molecule is FC(F)(F)Oc1ccccc1NCc1ccc(I)cc1. The molecule has 0 fully saturated rings. The third-order valence-electron chi connectivity index (χ3n) is 2.51. The van der Waals surface area contributed by atoms with Gasteiger partial charge in [-0.25, -0.2) is 0 Å². The highest BCUT2D eigenvalue weighted by Gasteiger charge is 2.31. The zero-order chi connectivity index (χ0) is 14.6. The number of alkyl halides is 3. The Morgan fingerprint density at radius 2 is 1.65 bits per heavy atom. The van der Waals surface area contributed by atoms with E-state index < -0.39 is 6.36 Å². The lowest BCUT2D eigenvalue weighted by Gasteiger charge is -2.14. The van der Waals surface area contributed by atoms with E-state index in [4.69, 9.17) is 0 Å². The van der Waals surface area contributed by atoms with Gasteiger partial charge in [0.15, 0.2) is 5.75 Å². The first kappa shape index (κ1) is 15.0. The van der Waals surface area contributed by atoms with Gasteiger partial charge in [0.25, 0.3) is 0 Å². The van der Waals surface area contributed by atoms with Gasteiger partial charge < -0.3 is 10.1 Å². The maximum atomic E-state index is 12.3. The number of nitrogens with one attached hydrogen (secondary N) is 1. The normalized spacial score (nSPS) is 11.2. The van der Waals surface area contributed by atoms with Gasteiger partial charge in [-0.3, -0.25) is 0 Å². The predicted octanol–water partition coefficient (Wildman–Crippen LogP) is 4.80. The Bertz CT molecular complexity index is 569. The molecule has 0 aliphatic carbocycles. The Kier molecular flexibility index (Phi) is 4.74. The first-order valence-corrected chi connectivity index (χ1v) is 6.85. The minimum atomic E-state index is -4.69. The van der Waals surface area contributed by atoms with Gasteiger partial charge in [0.1, 0.15) is 0 Å². The second-order valence-electron chi connectivity index (χ2n) is 4.02. The summed E-state index contributed by atoms with van der Waals surface area (Å²) in [7, 11) is 0. The number of benzene rings is 2. The lowest BCUT2D eigenvalue weighted by molar-refractivity contribution is -0.274. The molecule has 2 rings (SSSR count). The van der Waals surface area contributed by atoms with E-state index in [1.165, 1.54) is 12.1 Å². The number of rotatable bonds is 4. The second-order valence-corrected chi connectivity index (χ2v) is 5.27. The summed E-state index contributed by atoms with van der Waals surface area (Å²) in [4.78, 5) is 0. The molecular weight excluding hydrogens is 382 g/mol. The summed E-state index contributed by atoms with van der Waals surface area (Å²) < 4.78 is 41.9. The highest BCUT2D eigenvalue weighted by molar-refractivity contribution is 14.1. The Morgan fingerprint density at radius 3 is 2.30 bits per heavy atom. The third kappa shape index (κ3) is 4.59. The van der Waals surface area contributed by atoms with E-state index in [0.29, 0.717) is 12.2 Å². The lowest BCUT2D eigenvalue weighted by Crippen LogP contribution is -2.18. The summed E-state index contributed by atoms with van der Waals surface area (Å²) in [5.74, 6) is -0.231. The van der Waals surface area contributed by atoms with Crippen LogP contribution in [0.15, 0.2) is 48.5 Å². The average Bonchev–Trinajstić information content (AvgIpc) is 2.38. The number of hydrogen-bond donors (Lipinski definition) is 1. The van der Waals surface area contributed by atoms with Crippen LogP contribution in [0.5, 0.6) is 5.75 Å². The third-order valence-corrected chi connectivity index (χ3v) is 3.23. The van der Waals surface area contributed by atoms with Crippen molar-refractivity contribution in [1.29, 1.82) is 0 Å². The van der Waals surface area contributed by atoms with E-state index in [-0.39, 0.29) is 5.75 Å². The molecule has 2 aromatic rings. The summed E-state index contributed by atoms with van der Waals surface area (Å²) >= 11 is 2.19. The number of hydrogen-bond acceptors (Lipinski definition) is 2. The van der Waals surface area contributed by atoms with Crippen LogP contribution in [0.4, 0.5) is 18.9 Å². The molecule has 6 heteroatoms. The van der Waals surface area contributed by atoms with Crippen molar-refractivity contribution in [2.75, 3.05) is 5.32 Å². The Labute approximate surface area is 128 Å². The van der Waals surface area contributed by atoms with Gasteiger partial charge in [-0.1, -0.05) is 24.3 Å². The molecule has 0 amide bonds. The zero-order valence-electron chi connectivity index (χ0n) is 10.2. The number of anilines is 1. The molecule has 0 aromatic heterocycles. The van der Waals surface area contributed by atoms with Crippen molar-refractivity contribution in [1.82, 2.24) is 0 Å². The van der Waals surface area contributed by atoms with Crippen LogP contribution in [0.25, 0.3) is 0 Å². The number of para-hydroxylation sites is 2. The van der Waals surface area contributed by atoms with E-state index in [0.717, 1.165) is 9.13 Å². The fourth-order valence-corrected chi connectivity index (χ4v) is 1.99. The van der Waals surface area contributed by atoms with Gasteiger partial charge in [-0.05, 0) is 52.4 Å². The van der Waals surface area contributed by atoms with Crippen LogP contribution in [0.1, 0.15) is 5.56 Å². The van der Waals surface area contributed by atoms with Crippen molar-refractivity contribution in [2.45, 2.75) is 12.9 Å². The molecule has 0 bridgehead atoms. The number of ether oxygens (including phenoxy) is 1. The van der Waals surface area contributed by atoms with Gasteiger partial charge in [-0.2, -0.15) is 0 Å². The van der Waals surface area contributed by atoms with Crippen LogP contribution in [0, 0.1) is 3.57 Å². The van der Waals surface area contributed by atoms with Gasteiger partial charge in [-0.15, -0.1) is 13.2 Å². The van der Waals surface area contributed by atoms with E-state index in [1.54, 1.807) is 12.1 Å². The summed E-state index contributed by atoms with van der Waals surface area (Å²) in [5, 5.41) is 2.94. The summed E-state index contributed by atoms with van der Waals surface area (Å²) in [6.45, 7) is 0.426.